The van der Waals surface area contributed by atoms with E-state index in [0.29, 0.717) is 12.0 Å². The second kappa shape index (κ2) is 4.13. The summed E-state index contributed by atoms with van der Waals surface area (Å²) in [6.07, 6.45) is 7.16. The SMILES string of the molecule is c1cn(-c2nnc(CNC3CC3)s2)nc1C1CC1. The van der Waals surface area contributed by atoms with Crippen LogP contribution in [0.2, 0.25) is 0 Å². The predicted octanol–water partition coefficient (Wildman–Crippen LogP) is 1.85. The highest BCUT2D eigenvalue weighted by Crippen LogP contribution is 2.39. The van der Waals surface area contributed by atoms with Gasteiger partial charge in [-0.3, -0.25) is 0 Å². The summed E-state index contributed by atoms with van der Waals surface area (Å²) in [5, 5.41) is 18.3. The van der Waals surface area contributed by atoms with E-state index in [0.717, 1.165) is 16.7 Å². The van der Waals surface area contributed by atoms with E-state index in [4.69, 9.17) is 0 Å². The molecule has 0 aliphatic heterocycles. The van der Waals surface area contributed by atoms with E-state index in [-0.39, 0.29) is 0 Å². The summed E-state index contributed by atoms with van der Waals surface area (Å²) in [6, 6.07) is 2.81. The van der Waals surface area contributed by atoms with Gasteiger partial charge in [0, 0.05) is 18.2 Å². The molecule has 6 heteroatoms. The standard InChI is InChI=1S/C12H15N5S/c1-2-8(1)10-5-6-17(16-10)12-15-14-11(18-12)7-13-9-3-4-9/h5-6,8-9,13H,1-4,7H2. The molecule has 2 aliphatic rings. The van der Waals surface area contributed by atoms with E-state index >= 15 is 0 Å². The Hall–Kier alpha value is -1.27. The highest BCUT2D eigenvalue weighted by Gasteiger charge is 2.26. The zero-order valence-corrected chi connectivity index (χ0v) is 10.9. The maximum atomic E-state index is 4.57. The lowest BCUT2D eigenvalue weighted by molar-refractivity contribution is 0.678. The molecule has 0 aromatic carbocycles. The largest absolute Gasteiger partial charge is 0.308 e. The van der Waals surface area contributed by atoms with E-state index in [1.54, 1.807) is 11.3 Å². The molecule has 0 bridgehead atoms. The zero-order valence-electron chi connectivity index (χ0n) is 10.0. The summed E-state index contributed by atoms with van der Waals surface area (Å²) >= 11 is 1.62. The van der Waals surface area contributed by atoms with Gasteiger partial charge in [0.15, 0.2) is 0 Å². The average Bonchev–Trinajstić information content (AvgIpc) is 3.30. The van der Waals surface area contributed by atoms with Crippen LogP contribution in [0.1, 0.15) is 42.3 Å². The predicted molar refractivity (Wildman–Crippen MR) is 68.9 cm³/mol. The van der Waals surface area contributed by atoms with Gasteiger partial charge in [0.2, 0.25) is 5.13 Å². The van der Waals surface area contributed by atoms with E-state index in [9.17, 15) is 0 Å². The van der Waals surface area contributed by atoms with Crippen molar-refractivity contribution in [2.24, 2.45) is 0 Å². The van der Waals surface area contributed by atoms with Gasteiger partial charge in [-0.15, -0.1) is 10.2 Å². The molecule has 2 heterocycles. The number of nitrogens with one attached hydrogen (secondary N) is 1. The van der Waals surface area contributed by atoms with Crippen LogP contribution >= 0.6 is 11.3 Å². The first-order chi connectivity index (χ1) is 8.88. The molecule has 94 valence electrons. The van der Waals surface area contributed by atoms with Gasteiger partial charge in [-0.2, -0.15) is 5.10 Å². The molecule has 2 aromatic rings. The molecule has 0 atom stereocenters. The van der Waals surface area contributed by atoms with E-state index in [1.165, 1.54) is 31.4 Å². The van der Waals surface area contributed by atoms with Crippen molar-refractivity contribution in [1.82, 2.24) is 25.3 Å². The lowest BCUT2D eigenvalue weighted by Gasteiger charge is -1.95. The van der Waals surface area contributed by atoms with Gasteiger partial charge in [-0.25, -0.2) is 4.68 Å². The van der Waals surface area contributed by atoms with Crippen molar-refractivity contribution in [3.63, 3.8) is 0 Å². The monoisotopic (exact) mass is 261 g/mol. The number of aromatic nitrogens is 4. The molecule has 18 heavy (non-hydrogen) atoms. The summed E-state index contributed by atoms with van der Waals surface area (Å²) in [7, 11) is 0. The molecule has 0 spiro atoms. The number of nitrogens with zero attached hydrogens (tertiary/aromatic N) is 4. The number of rotatable bonds is 5. The Bertz CT molecular complexity index is 552. The Morgan fingerprint density at radius 1 is 1.28 bits per heavy atom. The van der Waals surface area contributed by atoms with Crippen LogP contribution in [0, 0.1) is 0 Å². The average molecular weight is 261 g/mol. The van der Waals surface area contributed by atoms with Crippen LogP contribution in [-0.2, 0) is 6.54 Å². The van der Waals surface area contributed by atoms with Gasteiger partial charge in [-0.1, -0.05) is 11.3 Å². The minimum atomic E-state index is 0.690. The van der Waals surface area contributed by atoms with Crippen LogP contribution in [0.25, 0.3) is 5.13 Å². The molecule has 0 unspecified atom stereocenters. The zero-order chi connectivity index (χ0) is 11.9. The highest BCUT2D eigenvalue weighted by atomic mass is 32.1. The Morgan fingerprint density at radius 2 is 2.17 bits per heavy atom. The molecule has 2 aromatic heterocycles. The topological polar surface area (TPSA) is 55.6 Å². The van der Waals surface area contributed by atoms with E-state index in [2.05, 4.69) is 26.7 Å². The van der Waals surface area contributed by atoms with Crippen LogP contribution in [0.5, 0.6) is 0 Å². The third-order valence-corrected chi connectivity index (χ3v) is 4.29. The van der Waals surface area contributed by atoms with Crippen molar-refractivity contribution in [2.75, 3.05) is 0 Å². The van der Waals surface area contributed by atoms with E-state index < -0.39 is 0 Å². The van der Waals surface area contributed by atoms with Crippen molar-refractivity contribution in [1.29, 1.82) is 0 Å². The molecule has 5 nitrogen and oxygen atoms in total. The number of hydrogen-bond acceptors (Lipinski definition) is 5. The normalized spacial score (nSPS) is 19.3. The van der Waals surface area contributed by atoms with Crippen molar-refractivity contribution in [3.05, 3.63) is 23.0 Å². The third-order valence-electron chi connectivity index (χ3n) is 3.38. The van der Waals surface area contributed by atoms with Gasteiger partial charge < -0.3 is 5.32 Å². The Balaban J connectivity index is 1.48. The second-order valence-electron chi connectivity index (χ2n) is 5.09. The van der Waals surface area contributed by atoms with Crippen LogP contribution in [-0.4, -0.2) is 26.0 Å². The third kappa shape index (κ3) is 2.18. The summed E-state index contributed by atoms with van der Waals surface area (Å²) < 4.78 is 1.85. The van der Waals surface area contributed by atoms with Crippen molar-refractivity contribution in [3.8, 4) is 5.13 Å². The minimum Gasteiger partial charge on any atom is -0.308 e. The van der Waals surface area contributed by atoms with Crippen LogP contribution in [0.15, 0.2) is 12.3 Å². The first kappa shape index (κ1) is 10.6. The molecule has 0 radical (unpaired) electrons. The lowest BCUT2D eigenvalue weighted by atomic mass is 10.3. The minimum absolute atomic E-state index is 0.690. The quantitative estimate of drug-likeness (QED) is 0.892. The van der Waals surface area contributed by atoms with Crippen LogP contribution < -0.4 is 5.32 Å². The summed E-state index contributed by atoms with van der Waals surface area (Å²) in [6.45, 7) is 0.832. The molecule has 4 rings (SSSR count). The Morgan fingerprint density at radius 3 is 2.94 bits per heavy atom. The van der Waals surface area contributed by atoms with Gasteiger partial charge >= 0.3 is 0 Å². The van der Waals surface area contributed by atoms with Crippen molar-refractivity contribution >= 4 is 11.3 Å². The molecular formula is C12H15N5S. The first-order valence-corrected chi connectivity index (χ1v) is 7.32. The van der Waals surface area contributed by atoms with Crippen LogP contribution in [0.3, 0.4) is 0 Å². The maximum absolute atomic E-state index is 4.57. The Labute approximate surface area is 109 Å². The summed E-state index contributed by atoms with van der Waals surface area (Å²) in [5.74, 6) is 0.690. The number of hydrogen-bond donors (Lipinski definition) is 1. The molecule has 2 saturated carbocycles. The van der Waals surface area contributed by atoms with Crippen molar-refractivity contribution in [2.45, 2.75) is 44.2 Å². The highest BCUT2D eigenvalue weighted by molar-refractivity contribution is 7.13. The first-order valence-electron chi connectivity index (χ1n) is 6.50. The molecule has 0 saturated heterocycles. The molecule has 0 amide bonds. The van der Waals surface area contributed by atoms with Gasteiger partial charge in [0.05, 0.1) is 12.2 Å². The summed E-state index contributed by atoms with van der Waals surface area (Å²) in [5.41, 5.74) is 1.20. The van der Waals surface area contributed by atoms with Crippen LogP contribution in [0.4, 0.5) is 0 Å². The molecule has 2 aliphatic carbocycles. The van der Waals surface area contributed by atoms with Gasteiger partial charge in [-0.05, 0) is 31.7 Å². The molecular weight excluding hydrogens is 246 g/mol. The molecule has 2 fully saturated rings. The van der Waals surface area contributed by atoms with Crippen molar-refractivity contribution < 1.29 is 0 Å². The summed E-state index contributed by atoms with van der Waals surface area (Å²) in [4.78, 5) is 0. The van der Waals surface area contributed by atoms with E-state index in [1.807, 2.05) is 10.9 Å². The van der Waals surface area contributed by atoms with Gasteiger partial charge in [0.25, 0.3) is 0 Å². The fraction of sp³-hybridized carbons (Fsp3) is 0.583. The Kier molecular flexibility index (Phi) is 2.44. The van der Waals surface area contributed by atoms with Gasteiger partial charge in [0.1, 0.15) is 5.01 Å². The second-order valence-corrected chi connectivity index (χ2v) is 6.13. The molecule has 1 N–H and O–H groups in total. The fourth-order valence-electron chi connectivity index (χ4n) is 1.97. The lowest BCUT2D eigenvalue weighted by Crippen LogP contribution is -2.14. The smallest absolute Gasteiger partial charge is 0.232 e. The fourth-order valence-corrected chi connectivity index (χ4v) is 2.69. The maximum Gasteiger partial charge on any atom is 0.232 e.